The monoisotopic (exact) mass is 137 g/mol. The topological polar surface area (TPSA) is 63.3 Å². The molecule has 0 fully saturated rings. The normalized spacial score (nSPS) is 8.00. The van der Waals surface area contributed by atoms with Gasteiger partial charge in [-0.2, -0.15) is 0 Å². The lowest BCUT2D eigenvalue weighted by atomic mass is 11.5. The highest BCUT2D eigenvalue weighted by Gasteiger charge is 1.96. The van der Waals surface area contributed by atoms with Gasteiger partial charge in [0.05, 0.1) is 0 Å². The second-order valence-corrected chi connectivity index (χ2v) is 2.38. The molecule has 0 aromatic rings. The van der Waals surface area contributed by atoms with Crippen LogP contribution in [0.25, 0.3) is 0 Å². The average Bonchev–Trinajstić information content (AvgIpc) is 1.27. The van der Waals surface area contributed by atoms with Gasteiger partial charge in [-0.15, -0.1) is 0 Å². The summed E-state index contributed by atoms with van der Waals surface area (Å²) in [7, 11) is 0. The second-order valence-electron chi connectivity index (χ2n) is 0.687. The molecular weight excluding hydrogens is 134 g/mol. The summed E-state index contributed by atoms with van der Waals surface area (Å²) in [6, 6.07) is 0. The van der Waals surface area contributed by atoms with Crippen molar-refractivity contribution in [2.75, 3.05) is 0 Å². The van der Waals surface area contributed by atoms with E-state index in [1.807, 2.05) is 0 Å². The number of hydrogen-bond donors (Lipinski definition) is 2. The van der Waals surface area contributed by atoms with E-state index in [0.717, 1.165) is 0 Å². The van der Waals surface area contributed by atoms with Crippen molar-refractivity contribution in [2.45, 2.75) is 0 Å². The summed E-state index contributed by atoms with van der Waals surface area (Å²) in [6.07, 6.45) is 0. The molecule has 0 aliphatic rings. The van der Waals surface area contributed by atoms with Crippen LogP contribution in [0.3, 0.4) is 0 Å². The largest absolute Gasteiger partial charge is 0.473 e. The lowest BCUT2D eigenvalue weighted by Gasteiger charge is -1.83. The Balaban J connectivity index is 3.32. The summed E-state index contributed by atoms with van der Waals surface area (Å²) < 4.78 is -0.0625. The van der Waals surface area contributed by atoms with Crippen LogP contribution in [0.15, 0.2) is 0 Å². The van der Waals surface area contributed by atoms with Gasteiger partial charge in [-0.3, -0.25) is 0 Å². The number of carboxylic acid groups (broad SMARTS) is 1. The third-order valence-electron chi connectivity index (χ3n) is 0.188. The molecular formula is C2H3NO2S2. The van der Waals surface area contributed by atoms with Crippen molar-refractivity contribution in [3.05, 3.63) is 0 Å². The molecule has 0 saturated carbocycles. The molecule has 0 rings (SSSR count). The molecule has 0 amide bonds. The fourth-order valence-electron chi connectivity index (χ4n) is 0.0861. The van der Waals surface area contributed by atoms with Gasteiger partial charge in [0.25, 0.3) is 0 Å². The Morgan fingerprint density at radius 1 is 1.86 bits per heavy atom. The fourth-order valence-corrected chi connectivity index (χ4v) is 0.472. The van der Waals surface area contributed by atoms with Crippen molar-refractivity contribution in [1.29, 1.82) is 0 Å². The molecule has 0 aliphatic carbocycles. The van der Waals surface area contributed by atoms with Crippen LogP contribution in [0.1, 0.15) is 0 Å². The highest BCUT2D eigenvalue weighted by Crippen LogP contribution is 1.98. The molecule has 5 heteroatoms. The Hall–Kier alpha value is -0.290. The zero-order chi connectivity index (χ0) is 5.86. The third kappa shape index (κ3) is 5.71. The number of thiocarbonyl (C=S) groups is 1. The van der Waals surface area contributed by atoms with Crippen LogP contribution in [-0.4, -0.2) is 14.7 Å². The molecule has 3 nitrogen and oxygen atoms in total. The summed E-state index contributed by atoms with van der Waals surface area (Å²) in [5.74, 6) is 0. The third-order valence-corrected chi connectivity index (χ3v) is 0.814. The Bertz CT molecular complexity index is 89.9. The summed E-state index contributed by atoms with van der Waals surface area (Å²) in [5.41, 5.74) is 4.81. The maximum Gasteiger partial charge on any atom is 0.371 e. The molecule has 0 aromatic carbocycles. The van der Waals surface area contributed by atoms with E-state index in [-0.39, 0.29) is 4.32 Å². The molecule has 7 heavy (non-hydrogen) atoms. The van der Waals surface area contributed by atoms with Crippen molar-refractivity contribution in [2.24, 2.45) is 5.73 Å². The molecule has 0 unspecified atom stereocenters. The molecule has 0 radical (unpaired) electrons. The van der Waals surface area contributed by atoms with Gasteiger partial charge in [0, 0.05) is 11.8 Å². The van der Waals surface area contributed by atoms with Crippen LogP contribution < -0.4 is 5.73 Å². The molecule has 0 heterocycles. The Kier molecular flexibility index (Phi) is 2.70. The van der Waals surface area contributed by atoms with E-state index in [4.69, 9.17) is 10.8 Å². The molecule has 0 aromatic heterocycles. The minimum atomic E-state index is -1.06. The van der Waals surface area contributed by atoms with Gasteiger partial charge >= 0.3 is 5.30 Å². The summed E-state index contributed by atoms with van der Waals surface area (Å²) >= 11 is 4.67. The Morgan fingerprint density at radius 3 is 2.29 bits per heavy atom. The van der Waals surface area contributed by atoms with E-state index >= 15 is 0 Å². The molecule has 0 spiro atoms. The number of hydrogen-bond acceptors (Lipinski definition) is 3. The first-order chi connectivity index (χ1) is 3.13. The SMILES string of the molecule is NC(=S)SC(=O)O. The summed E-state index contributed by atoms with van der Waals surface area (Å²) in [6.45, 7) is 0. The van der Waals surface area contributed by atoms with Gasteiger partial charge in [0.2, 0.25) is 0 Å². The zero-order valence-corrected chi connectivity index (χ0v) is 4.88. The van der Waals surface area contributed by atoms with E-state index in [9.17, 15) is 4.79 Å². The molecule has 0 saturated heterocycles. The van der Waals surface area contributed by atoms with Crippen LogP contribution >= 0.6 is 24.0 Å². The Labute approximate surface area is 49.9 Å². The first kappa shape index (κ1) is 6.71. The predicted octanol–water partition coefficient (Wildman–Crippen LogP) is 0.641. The number of nitrogens with two attached hydrogens (primary N) is 1. The van der Waals surface area contributed by atoms with E-state index < -0.39 is 5.30 Å². The number of thioether (sulfide) groups is 1. The average molecular weight is 137 g/mol. The fraction of sp³-hybridized carbons (Fsp3) is 0. The van der Waals surface area contributed by atoms with E-state index in [2.05, 4.69) is 12.2 Å². The maximum absolute atomic E-state index is 9.61. The highest BCUT2D eigenvalue weighted by molar-refractivity contribution is 8.32. The molecule has 0 bridgehead atoms. The van der Waals surface area contributed by atoms with E-state index in [1.165, 1.54) is 0 Å². The molecule has 0 atom stereocenters. The molecule has 40 valence electrons. The lowest BCUT2D eigenvalue weighted by Crippen LogP contribution is -2.04. The van der Waals surface area contributed by atoms with Crippen LogP contribution in [0.2, 0.25) is 0 Å². The number of rotatable bonds is 0. The van der Waals surface area contributed by atoms with Gasteiger partial charge in [-0.1, -0.05) is 12.2 Å². The van der Waals surface area contributed by atoms with Crippen LogP contribution in [0.5, 0.6) is 0 Å². The predicted molar refractivity (Wildman–Crippen MR) is 32.4 cm³/mol. The van der Waals surface area contributed by atoms with Crippen LogP contribution in [-0.2, 0) is 0 Å². The zero-order valence-electron chi connectivity index (χ0n) is 3.25. The van der Waals surface area contributed by atoms with Crippen molar-refractivity contribution in [1.82, 2.24) is 0 Å². The van der Waals surface area contributed by atoms with Crippen molar-refractivity contribution in [3.8, 4) is 0 Å². The van der Waals surface area contributed by atoms with Crippen LogP contribution in [0, 0.1) is 0 Å². The van der Waals surface area contributed by atoms with Gasteiger partial charge in [-0.05, 0) is 0 Å². The molecule has 0 aliphatic heterocycles. The summed E-state index contributed by atoms with van der Waals surface area (Å²) in [5, 5.41) is 6.82. The first-order valence-corrected chi connectivity index (χ1v) is 2.55. The number of carbonyl (C=O) groups is 1. The van der Waals surface area contributed by atoms with Gasteiger partial charge in [0.1, 0.15) is 4.32 Å². The second kappa shape index (κ2) is 2.81. The van der Waals surface area contributed by atoms with Gasteiger partial charge < -0.3 is 10.8 Å². The first-order valence-electron chi connectivity index (χ1n) is 1.33. The minimum absolute atomic E-state index is 0.0625. The van der Waals surface area contributed by atoms with Crippen molar-refractivity contribution in [3.63, 3.8) is 0 Å². The smallest absolute Gasteiger partial charge is 0.371 e. The Morgan fingerprint density at radius 2 is 2.29 bits per heavy atom. The highest BCUT2D eigenvalue weighted by atomic mass is 32.2. The minimum Gasteiger partial charge on any atom is -0.473 e. The quantitative estimate of drug-likeness (QED) is 0.480. The lowest BCUT2D eigenvalue weighted by molar-refractivity contribution is 0.222. The maximum atomic E-state index is 9.61. The van der Waals surface area contributed by atoms with E-state index in [1.54, 1.807) is 0 Å². The van der Waals surface area contributed by atoms with Crippen LogP contribution in [0.4, 0.5) is 4.79 Å². The molecule has 3 N–H and O–H groups in total. The summed E-state index contributed by atoms with van der Waals surface area (Å²) in [4.78, 5) is 9.61. The van der Waals surface area contributed by atoms with Gasteiger partial charge in [-0.25, -0.2) is 4.79 Å². The standard InChI is InChI=1S/C2H3NO2S2/c3-1(6)7-2(4)5/h(H2,3,6)(H,4,5). The van der Waals surface area contributed by atoms with Crippen molar-refractivity contribution < 1.29 is 9.90 Å². The van der Waals surface area contributed by atoms with Gasteiger partial charge in [0.15, 0.2) is 0 Å². The van der Waals surface area contributed by atoms with E-state index in [0.29, 0.717) is 11.8 Å². The van der Waals surface area contributed by atoms with Crippen molar-refractivity contribution >= 4 is 33.6 Å².